The predicted molar refractivity (Wildman–Crippen MR) is 130 cm³/mol. The van der Waals surface area contributed by atoms with Crippen molar-refractivity contribution in [3.05, 3.63) is 63.8 Å². The number of carbonyl (C=O) groups is 1. The van der Waals surface area contributed by atoms with Crippen LogP contribution in [0.25, 0.3) is 11.0 Å². The number of aromatic nitrogens is 3. The highest BCUT2D eigenvalue weighted by molar-refractivity contribution is 5.92. The number of pyridine rings is 3. The number of hydrogen-bond donors (Lipinski definition) is 2. The van der Waals surface area contributed by atoms with Gasteiger partial charge in [0.15, 0.2) is 0 Å². The number of nitrogens with one attached hydrogen (secondary N) is 2. The third-order valence-corrected chi connectivity index (χ3v) is 6.86. The van der Waals surface area contributed by atoms with Crippen molar-refractivity contribution in [1.82, 2.24) is 25.2 Å². The zero-order valence-electron chi connectivity index (χ0n) is 19.6. The van der Waals surface area contributed by atoms with Crippen LogP contribution in [0.5, 0.6) is 0 Å². The second-order valence-corrected chi connectivity index (χ2v) is 8.92. The molecule has 9 heteroatoms. The molecule has 2 N–H and O–H groups in total. The Morgan fingerprint density at radius 2 is 2.09 bits per heavy atom. The molecule has 1 unspecified atom stereocenters. The van der Waals surface area contributed by atoms with Gasteiger partial charge in [-0.05, 0) is 42.7 Å². The molecular formula is C25H30N6O3. The molecule has 34 heavy (non-hydrogen) atoms. The molecule has 0 radical (unpaired) electrons. The van der Waals surface area contributed by atoms with E-state index < -0.39 is 0 Å². The van der Waals surface area contributed by atoms with Gasteiger partial charge in [-0.3, -0.25) is 19.5 Å². The molecule has 0 aromatic carbocycles. The minimum absolute atomic E-state index is 0.0423. The summed E-state index contributed by atoms with van der Waals surface area (Å²) in [6.45, 7) is 6.05. The van der Waals surface area contributed by atoms with E-state index in [2.05, 4.69) is 30.1 Å². The van der Waals surface area contributed by atoms with Crippen molar-refractivity contribution in [3.63, 3.8) is 0 Å². The molecule has 3 aromatic rings. The molecule has 2 aliphatic rings. The normalized spacial score (nSPS) is 20.8. The first kappa shape index (κ1) is 22.5. The summed E-state index contributed by atoms with van der Waals surface area (Å²) in [5, 5.41) is 2.60. The van der Waals surface area contributed by atoms with Gasteiger partial charge in [0.2, 0.25) is 0 Å². The van der Waals surface area contributed by atoms with Crippen LogP contribution in [0.3, 0.4) is 0 Å². The van der Waals surface area contributed by atoms with Crippen LogP contribution in [0, 0.1) is 0 Å². The Morgan fingerprint density at radius 3 is 2.76 bits per heavy atom. The van der Waals surface area contributed by atoms with Gasteiger partial charge in [0.25, 0.3) is 11.5 Å². The summed E-state index contributed by atoms with van der Waals surface area (Å²) >= 11 is 0. The van der Waals surface area contributed by atoms with Crippen LogP contribution in [0.4, 0.5) is 5.69 Å². The van der Waals surface area contributed by atoms with E-state index in [9.17, 15) is 9.59 Å². The number of anilines is 1. The number of aromatic amines is 1. The Hall–Kier alpha value is -3.30. The average Bonchev–Trinajstić information content (AvgIpc) is 2.83. The van der Waals surface area contributed by atoms with E-state index in [1.165, 1.54) is 0 Å². The van der Waals surface area contributed by atoms with Crippen LogP contribution in [-0.4, -0.2) is 71.2 Å². The fourth-order valence-electron chi connectivity index (χ4n) is 4.77. The van der Waals surface area contributed by atoms with E-state index in [1.807, 2.05) is 31.3 Å². The molecule has 178 valence electrons. The molecule has 0 spiro atoms. The topological polar surface area (TPSA) is 103 Å². The van der Waals surface area contributed by atoms with Crippen molar-refractivity contribution in [2.75, 3.05) is 38.2 Å². The Bertz CT molecular complexity index is 1240. The van der Waals surface area contributed by atoms with Gasteiger partial charge in [0, 0.05) is 51.6 Å². The fraction of sp³-hybridized carbons (Fsp3) is 0.440. The minimum Gasteiger partial charge on any atom is -0.376 e. The van der Waals surface area contributed by atoms with Gasteiger partial charge in [0.05, 0.1) is 35.1 Å². The Kier molecular flexibility index (Phi) is 6.30. The SMILES string of the molecule is CCc1cc2ncc(CN3CCN(c4ccc(C(=O)NC)nc4)C[C@@H]3C3CCO3)cc2[nH]c1=O. The highest BCUT2D eigenvalue weighted by Gasteiger charge is 2.37. The van der Waals surface area contributed by atoms with Gasteiger partial charge in [0.1, 0.15) is 5.69 Å². The number of nitrogens with zero attached hydrogens (tertiary/aromatic N) is 4. The van der Waals surface area contributed by atoms with Crippen molar-refractivity contribution in [2.24, 2.45) is 0 Å². The third kappa shape index (κ3) is 4.41. The molecule has 5 rings (SSSR count). The Balaban J connectivity index is 1.33. The smallest absolute Gasteiger partial charge is 0.269 e. The molecule has 3 aromatic heterocycles. The molecule has 2 saturated heterocycles. The van der Waals surface area contributed by atoms with E-state index in [0.717, 1.165) is 67.1 Å². The standard InChI is InChI=1S/C25H30N6O3/c1-3-17-11-20-21(29-24(17)32)10-16(12-27-20)14-31-8-7-30(15-22(31)23-6-9-34-23)18-4-5-19(28-13-18)25(33)26-2/h4-5,10-13,22-23H,3,6-9,14-15H2,1-2H3,(H,26,33)(H,29,32)/t22-,23?/m1/s1. The van der Waals surface area contributed by atoms with Crippen LogP contribution in [-0.2, 0) is 17.7 Å². The molecule has 0 saturated carbocycles. The quantitative estimate of drug-likeness (QED) is 0.575. The van der Waals surface area contributed by atoms with Gasteiger partial charge in [-0.2, -0.15) is 0 Å². The molecule has 0 bridgehead atoms. The summed E-state index contributed by atoms with van der Waals surface area (Å²) in [6.07, 6.45) is 5.61. The largest absolute Gasteiger partial charge is 0.376 e. The maximum atomic E-state index is 12.3. The van der Waals surface area contributed by atoms with Crippen LogP contribution in [0.1, 0.15) is 35.0 Å². The number of ether oxygens (including phenoxy) is 1. The third-order valence-electron chi connectivity index (χ3n) is 6.86. The summed E-state index contributed by atoms with van der Waals surface area (Å²) in [7, 11) is 1.60. The second kappa shape index (κ2) is 9.52. The summed E-state index contributed by atoms with van der Waals surface area (Å²) in [5.74, 6) is -0.187. The molecular weight excluding hydrogens is 432 g/mol. The number of carbonyl (C=O) groups excluding carboxylic acids is 1. The number of hydrogen-bond acceptors (Lipinski definition) is 7. The predicted octanol–water partition coefficient (Wildman–Crippen LogP) is 1.72. The molecule has 2 atom stereocenters. The second-order valence-electron chi connectivity index (χ2n) is 8.92. The number of piperazine rings is 1. The van der Waals surface area contributed by atoms with Crippen molar-refractivity contribution in [3.8, 4) is 0 Å². The number of amides is 1. The molecule has 5 heterocycles. The molecule has 9 nitrogen and oxygen atoms in total. The first-order valence-corrected chi connectivity index (χ1v) is 11.8. The van der Waals surface area contributed by atoms with Gasteiger partial charge in [-0.25, -0.2) is 4.98 Å². The zero-order chi connectivity index (χ0) is 23.7. The van der Waals surface area contributed by atoms with Crippen LogP contribution in [0.15, 0.2) is 41.5 Å². The lowest BCUT2D eigenvalue weighted by Gasteiger charge is -2.47. The minimum atomic E-state index is -0.187. The van der Waals surface area contributed by atoms with E-state index in [0.29, 0.717) is 12.1 Å². The van der Waals surface area contributed by atoms with Crippen molar-refractivity contribution in [2.45, 2.75) is 38.5 Å². The summed E-state index contributed by atoms with van der Waals surface area (Å²) in [6, 6.07) is 7.88. The van der Waals surface area contributed by atoms with Crippen LogP contribution < -0.4 is 15.8 Å². The molecule has 1 amide bonds. The molecule has 2 fully saturated rings. The maximum absolute atomic E-state index is 12.3. The van der Waals surface area contributed by atoms with Gasteiger partial charge in [-0.1, -0.05) is 6.92 Å². The highest BCUT2D eigenvalue weighted by atomic mass is 16.5. The Labute approximate surface area is 198 Å². The number of aryl methyl sites for hydroxylation is 1. The number of fused-ring (bicyclic) bond motifs is 1. The van der Waals surface area contributed by atoms with Crippen LogP contribution >= 0.6 is 0 Å². The fourth-order valence-corrected chi connectivity index (χ4v) is 4.77. The van der Waals surface area contributed by atoms with Crippen molar-refractivity contribution >= 4 is 22.6 Å². The summed E-state index contributed by atoms with van der Waals surface area (Å²) in [5.41, 5.74) is 4.80. The van der Waals surface area contributed by atoms with Crippen molar-refractivity contribution in [1.29, 1.82) is 0 Å². The van der Waals surface area contributed by atoms with Crippen LogP contribution in [0.2, 0.25) is 0 Å². The number of rotatable bonds is 6. The van der Waals surface area contributed by atoms with E-state index in [4.69, 9.17) is 4.74 Å². The van der Waals surface area contributed by atoms with Crippen molar-refractivity contribution < 1.29 is 9.53 Å². The highest BCUT2D eigenvalue weighted by Crippen LogP contribution is 2.27. The molecule has 2 aliphatic heterocycles. The average molecular weight is 463 g/mol. The number of H-pyrrole nitrogens is 1. The van der Waals surface area contributed by atoms with Gasteiger partial charge < -0.3 is 19.9 Å². The lowest BCUT2D eigenvalue weighted by atomic mass is 9.98. The monoisotopic (exact) mass is 462 g/mol. The van der Waals surface area contributed by atoms with E-state index in [-0.39, 0.29) is 23.6 Å². The summed E-state index contributed by atoms with van der Waals surface area (Å²) < 4.78 is 5.90. The maximum Gasteiger partial charge on any atom is 0.269 e. The zero-order valence-corrected chi connectivity index (χ0v) is 19.6. The first-order valence-electron chi connectivity index (χ1n) is 11.8. The van der Waals surface area contributed by atoms with Gasteiger partial charge >= 0.3 is 0 Å². The van der Waals surface area contributed by atoms with Gasteiger partial charge in [-0.15, -0.1) is 0 Å². The first-order chi connectivity index (χ1) is 16.6. The lowest BCUT2D eigenvalue weighted by molar-refractivity contribution is -0.102. The lowest BCUT2D eigenvalue weighted by Crippen LogP contribution is -2.60. The summed E-state index contributed by atoms with van der Waals surface area (Å²) in [4.78, 5) is 40.7. The van der Waals surface area contributed by atoms with E-state index >= 15 is 0 Å². The Morgan fingerprint density at radius 1 is 1.24 bits per heavy atom. The molecule has 0 aliphatic carbocycles. The van der Waals surface area contributed by atoms with E-state index in [1.54, 1.807) is 19.3 Å².